The predicted molar refractivity (Wildman–Crippen MR) is 115 cm³/mol. The standard InChI is InChI=1S/C23H25ClN2O4/c1-3-4-11-19-20(22(27)29-2)21(26-23(28)25-19)16-8-6-10-18(13-16)30-14-15-7-5-9-17(24)12-15/h5-10,12-13,21H,3-4,11,14H2,1-2H3,(H2,25,26,28). The lowest BCUT2D eigenvalue weighted by Gasteiger charge is -2.29. The zero-order valence-electron chi connectivity index (χ0n) is 17.0. The van der Waals surface area contributed by atoms with Crippen LogP contribution in [-0.4, -0.2) is 19.1 Å². The predicted octanol–water partition coefficient (Wildman–Crippen LogP) is 4.89. The third-order valence-corrected chi connectivity index (χ3v) is 5.06. The van der Waals surface area contributed by atoms with Gasteiger partial charge in [0.15, 0.2) is 0 Å². The molecule has 2 N–H and O–H groups in total. The second-order valence-corrected chi connectivity index (χ2v) is 7.45. The number of allylic oxidation sites excluding steroid dienone is 1. The van der Waals surface area contributed by atoms with Gasteiger partial charge in [-0.15, -0.1) is 0 Å². The fraction of sp³-hybridized carbons (Fsp3) is 0.304. The number of methoxy groups -OCH3 is 1. The molecule has 0 radical (unpaired) electrons. The number of unbranched alkanes of at least 4 members (excludes halogenated alkanes) is 1. The van der Waals surface area contributed by atoms with Gasteiger partial charge in [0.2, 0.25) is 0 Å². The van der Waals surface area contributed by atoms with Crippen LogP contribution in [0, 0.1) is 0 Å². The maximum absolute atomic E-state index is 12.5. The summed E-state index contributed by atoms with van der Waals surface area (Å²) in [5, 5.41) is 6.25. The Morgan fingerprint density at radius 1 is 1.17 bits per heavy atom. The molecule has 0 spiro atoms. The monoisotopic (exact) mass is 428 g/mol. The number of halogens is 1. The topological polar surface area (TPSA) is 76.7 Å². The highest BCUT2D eigenvalue weighted by atomic mass is 35.5. The average molecular weight is 429 g/mol. The van der Waals surface area contributed by atoms with Gasteiger partial charge in [-0.1, -0.05) is 49.2 Å². The second-order valence-electron chi connectivity index (χ2n) is 7.01. The lowest BCUT2D eigenvalue weighted by molar-refractivity contribution is -0.136. The van der Waals surface area contributed by atoms with Crippen molar-refractivity contribution in [3.05, 3.63) is 76.0 Å². The van der Waals surface area contributed by atoms with Crippen LogP contribution in [0.4, 0.5) is 4.79 Å². The maximum Gasteiger partial charge on any atom is 0.337 e. The summed E-state index contributed by atoms with van der Waals surface area (Å²) in [5.41, 5.74) is 2.70. The van der Waals surface area contributed by atoms with Crippen molar-refractivity contribution in [2.75, 3.05) is 7.11 Å². The van der Waals surface area contributed by atoms with Crippen LogP contribution in [0.5, 0.6) is 5.75 Å². The summed E-state index contributed by atoms with van der Waals surface area (Å²) >= 11 is 6.03. The van der Waals surface area contributed by atoms with E-state index in [2.05, 4.69) is 17.6 Å². The molecule has 1 unspecified atom stereocenters. The molecule has 0 fully saturated rings. The molecular formula is C23H25ClN2O4. The van der Waals surface area contributed by atoms with E-state index in [4.69, 9.17) is 21.1 Å². The van der Waals surface area contributed by atoms with Gasteiger partial charge in [-0.2, -0.15) is 0 Å². The molecule has 6 nitrogen and oxygen atoms in total. The third-order valence-electron chi connectivity index (χ3n) is 4.83. The Bertz CT molecular complexity index is 958. The SMILES string of the molecule is CCCCC1=C(C(=O)OC)C(c2cccc(OCc3cccc(Cl)c3)c2)NC(=O)N1. The van der Waals surface area contributed by atoms with Crippen molar-refractivity contribution >= 4 is 23.6 Å². The van der Waals surface area contributed by atoms with Crippen molar-refractivity contribution in [3.63, 3.8) is 0 Å². The normalized spacial score (nSPS) is 16.0. The van der Waals surface area contributed by atoms with E-state index >= 15 is 0 Å². The maximum atomic E-state index is 12.5. The summed E-state index contributed by atoms with van der Waals surface area (Å²) in [5.74, 6) is 0.156. The van der Waals surface area contributed by atoms with Crippen LogP contribution >= 0.6 is 11.6 Å². The number of nitrogens with one attached hydrogen (secondary N) is 2. The minimum absolute atomic E-state index is 0.344. The van der Waals surface area contributed by atoms with Crippen molar-refractivity contribution in [1.29, 1.82) is 0 Å². The Morgan fingerprint density at radius 3 is 2.70 bits per heavy atom. The fourth-order valence-corrected chi connectivity index (χ4v) is 3.56. The zero-order valence-corrected chi connectivity index (χ0v) is 17.8. The summed E-state index contributed by atoms with van der Waals surface area (Å²) in [6, 6.07) is 13.8. The first-order valence-electron chi connectivity index (χ1n) is 9.88. The largest absolute Gasteiger partial charge is 0.489 e. The molecule has 0 bridgehead atoms. The number of hydrogen-bond donors (Lipinski definition) is 2. The molecule has 2 aromatic carbocycles. The van der Waals surface area contributed by atoms with E-state index in [1.54, 1.807) is 0 Å². The Labute approximate surface area is 181 Å². The number of benzene rings is 2. The second kappa shape index (κ2) is 10.2. The summed E-state index contributed by atoms with van der Waals surface area (Å²) in [6.45, 7) is 2.41. The third kappa shape index (κ3) is 5.33. The van der Waals surface area contributed by atoms with Gasteiger partial charge >= 0.3 is 12.0 Å². The molecular weight excluding hydrogens is 404 g/mol. The lowest BCUT2D eigenvalue weighted by Crippen LogP contribution is -2.45. The summed E-state index contributed by atoms with van der Waals surface area (Å²) in [6.07, 6.45) is 2.39. The van der Waals surface area contributed by atoms with Crippen LogP contribution in [0.25, 0.3) is 0 Å². The molecule has 0 aliphatic carbocycles. The van der Waals surface area contributed by atoms with E-state index in [1.807, 2.05) is 48.5 Å². The molecule has 1 aliphatic rings. The van der Waals surface area contributed by atoms with E-state index in [9.17, 15) is 9.59 Å². The first-order valence-corrected chi connectivity index (χ1v) is 10.3. The van der Waals surface area contributed by atoms with Crippen molar-refractivity contribution < 1.29 is 19.1 Å². The van der Waals surface area contributed by atoms with Crippen LogP contribution < -0.4 is 15.4 Å². The van der Waals surface area contributed by atoms with Crippen molar-refractivity contribution in [3.8, 4) is 5.75 Å². The van der Waals surface area contributed by atoms with Gasteiger partial charge in [-0.3, -0.25) is 0 Å². The van der Waals surface area contributed by atoms with E-state index in [-0.39, 0.29) is 6.03 Å². The molecule has 0 saturated heterocycles. The van der Waals surface area contributed by atoms with Gasteiger partial charge in [-0.05, 0) is 48.2 Å². The first-order chi connectivity index (χ1) is 14.5. The smallest absolute Gasteiger partial charge is 0.337 e. The Morgan fingerprint density at radius 2 is 1.97 bits per heavy atom. The van der Waals surface area contributed by atoms with Crippen LogP contribution in [-0.2, 0) is 16.1 Å². The number of hydrogen-bond acceptors (Lipinski definition) is 4. The number of rotatable bonds is 8. The lowest BCUT2D eigenvalue weighted by atomic mass is 9.93. The summed E-state index contributed by atoms with van der Waals surface area (Å²) in [4.78, 5) is 24.8. The van der Waals surface area contributed by atoms with E-state index in [0.29, 0.717) is 35.1 Å². The highest BCUT2D eigenvalue weighted by Crippen LogP contribution is 2.31. The van der Waals surface area contributed by atoms with Crippen molar-refractivity contribution in [2.24, 2.45) is 0 Å². The van der Waals surface area contributed by atoms with Gasteiger partial charge in [-0.25, -0.2) is 9.59 Å². The van der Waals surface area contributed by atoms with E-state index in [1.165, 1.54) is 7.11 Å². The van der Waals surface area contributed by atoms with Crippen molar-refractivity contribution in [2.45, 2.75) is 38.8 Å². The highest BCUT2D eigenvalue weighted by molar-refractivity contribution is 6.30. The quantitative estimate of drug-likeness (QED) is 0.587. The highest BCUT2D eigenvalue weighted by Gasteiger charge is 2.33. The van der Waals surface area contributed by atoms with Crippen LogP contribution in [0.15, 0.2) is 59.8 Å². The molecule has 0 aromatic heterocycles. The van der Waals surface area contributed by atoms with Gasteiger partial charge < -0.3 is 20.1 Å². The summed E-state index contributed by atoms with van der Waals surface area (Å²) < 4.78 is 10.9. The van der Waals surface area contributed by atoms with E-state index in [0.717, 1.165) is 24.0 Å². The molecule has 0 saturated carbocycles. The minimum Gasteiger partial charge on any atom is -0.489 e. The van der Waals surface area contributed by atoms with Gasteiger partial charge in [0.25, 0.3) is 0 Å². The number of urea groups is 1. The summed E-state index contributed by atoms with van der Waals surface area (Å²) in [7, 11) is 1.34. The van der Waals surface area contributed by atoms with Gasteiger partial charge in [0.05, 0.1) is 18.7 Å². The number of carbonyl (C=O) groups excluding carboxylic acids is 2. The van der Waals surface area contributed by atoms with Crippen molar-refractivity contribution in [1.82, 2.24) is 10.6 Å². The molecule has 1 aliphatic heterocycles. The zero-order chi connectivity index (χ0) is 21.5. The van der Waals surface area contributed by atoms with E-state index < -0.39 is 12.0 Å². The molecule has 3 rings (SSSR count). The molecule has 7 heteroatoms. The van der Waals surface area contributed by atoms with Crippen LogP contribution in [0.1, 0.15) is 43.4 Å². The average Bonchev–Trinajstić information content (AvgIpc) is 2.75. The molecule has 158 valence electrons. The molecule has 2 amide bonds. The molecule has 30 heavy (non-hydrogen) atoms. The minimum atomic E-state index is -0.618. The fourth-order valence-electron chi connectivity index (χ4n) is 3.35. The number of carbonyl (C=O) groups is 2. The van der Waals surface area contributed by atoms with Crippen LogP contribution in [0.2, 0.25) is 5.02 Å². The molecule has 2 aromatic rings. The van der Waals surface area contributed by atoms with Gasteiger partial charge in [0, 0.05) is 10.7 Å². The number of ether oxygens (including phenoxy) is 2. The number of esters is 1. The van der Waals surface area contributed by atoms with Crippen LogP contribution in [0.3, 0.4) is 0 Å². The first kappa shape index (κ1) is 21.7. The molecule has 1 heterocycles. The number of amides is 2. The molecule has 1 atom stereocenters. The Hall–Kier alpha value is -2.99. The Balaban J connectivity index is 1.87. The van der Waals surface area contributed by atoms with Gasteiger partial charge in [0.1, 0.15) is 12.4 Å². The Kier molecular flexibility index (Phi) is 7.36.